The van der Waals surface area contributed by atoms with E-state index in [9.17, 15) is 4.79 Å². The van der Waals surface area contributed by atoms with Crippen LogP contribution in [-0.4, -0.2) is 51.6 Å². The maximum absolute atomic E-state index is 10.2. The minimum absolute atomic E-state index is 0.195. The van der Waals surface area contributed by atoms with Crippen molar-refractivity contribution in [3.8, 4) is 0 Å². The second-order valence-corrected chi connectivity index (χ2v) is 8.61. The molecule has 24 heavy (non-hydrogen) atoms. The SMILES string of the molecule is C[Se]c1cccc2cccc([Se]CO)c12.O=C(O)c1ccccc1. The summed E-state index contributed by atoms with van der Waals surface area (Å²) in [5, 5.41) is 20.2. The van der Waals surface area contributed by atoms with E-state index in [2.05, 4.69) is 42.2 Å². The summed E-state index contributed by atoms with van der Waals surface area (Å²) in [7, 11) is 0. The quantitative estimate of drug-likeness (QED) is 0.595. The number of aliphatic hydroxyl groups is 1. The Balaban J connectivity index is 0.000000198. The molecule has 2 N–H and O–H groups in total. The van der Waals surface area contributed by atoms with Crippen LogP contribution in [0.5, 0.6) is 0 Å². The van der Waals surface area contributed by atoms with Crippen LogP contribution >= 0.6 is 0 Å². The number of rotatable bonds is 4. The van der Waals surface area contributed by atoms with Gasteiger partial charge in [-0.25, -0.2) is 4.79 Å². The summed E-state index contributed by atoms with van der Waals surface area (Å²) in [5.74, 6) is 1.36. The zero-order chi connectivity index (χ0) is 17.4. The summed E-state index contributed by atoms with van der Waals surface area (Å²) in [4.78, 5) is 10.2. The van der Waals surface area contributed by atoms with Crippen LogP contribution in [-0.2, 0) is 0 Å². The van der Waals surface area contributed by atoms with Gasteiger partial charge in [0.15, 0.2) is 0 Å². The summed E-state index contributed by atoms with van der Waals surface area (Å²) >= 11 is 0.710. The van der Waals surface area contributed by atoms with E-state index in [0.29, 0.717) is 20.5 Å². The van der Waals surface area contributed by atoms with Crippen molar-refractivity contribution in [3.05, 3.63) is 72.3 Å². The average molecular weight is 452 g/mol. The van der Waals surface area contributed by atoms with E-state index in [1.54, 1.807) is 30.3 Å². The Morgan fingerprint density at radius 2 is 1.54 bits per heavy atom. The van der Waals surface area contributed by atoms with E-state index < -0.39 is 5.97 Å². The summed E-state index contributed by atoms with van der Waals surface area (Å²) < 4.78 is 2.78. The molecule has 3 rings (SSSR count). The van der Waals surface area contributed by atoms with Crippen molar-refractivity contribution in [3.63, 3.8) is 0 Å². The summed E-state index contributed by atoms with van der Waals surface area (Å²) in [6.07, 6.45) is 0. The Hall–Kier alpha value is -1.61. The van der Waals surface area contributed by atoms with Crippen molar-refractivity contribution in [2.24, 2.45) is 0 Å². The Morgan fingerprint density at radius 1 is 0.917 bits per heavy atom. The molecule has 124 valence electrons. The fraction of sp³-hybridized carbons (Fsp3) is 0.105. The van der Waals surface area contributed by atoms with Crippen LogP contribution in [0.15, 0.2) is 66.7 Å². The third-order valence-corrected chi connectivity index (χ3v) is 6.56. The molecule has 0 spiro atoms. The zero-order valence-electron chi connectivity index (χ0n) is 13.2. The first kappa shape index (κ1) is 18.7. The fourth-order valence-electron chi connectivity index (χ4n) is 2.21. The van der Waals surface area contributed by atoms with Gasteiger partial charge in [-0.15, -0.1) is 0 Å². The molecule has 0 aliphatic heterocycles. The van der Waals surface area contributed by atoms with Gasteiger partial charge >= 0.3 is 108 Å². The molecule has 0 saturated heterocycles. The molecule has 5 heteroatoms. The summed E-state index contributed by atoms with van der Waals surface area (Å²) in [5.41, 5.74) is 0.620. The molecule has 0 aliphatic rings. The molecule has 0 amide bonds. The maximum atomic E-state index is 10.2. The zero-order valence-corrected chi connectivity index (χ0v) is 16.6. The van der Waals surface area contributed by atoms with Crippen molar-refractivity contribution >= 4 is 55.6 Å². The second kappa shape index (κ2) is 9.63. The Labute approximate surface area is 154 Å². The van der Waals surface area contributed by atoms with Gasteiger partial charge in [-0.2, -0.15) is 0 Å². The number of hydrogen-bond acceptors (Lipinski definition) is 2. The van der Waals surface area contributed by atoms with Crippen molar-refractivity contribution in [1.29, 1.82) is 0 Å². The van der Waals surface area contributed by atoms with Crippen LogP contribution in [0.3, 0.4) is 0 Å². The number of carboxylic acid groups (broad SMARTS) is 1. The average Bonchev–Trinajstić information content (AvgIpc) is 2.63. The van der Waals surface area contributed by atoms with Crippen molar-refractivity contribution in [2.45, 2.75) is 5.82 Å². The first-order valence-corrected chi connectivity index (χ1v) is 11.9. The number of carboxylic acids is 1. The van der Waals surface area contributed by atoms with Gasteiger partial charge in [0.2, 0.25) is 0 Å². The minimum atomic E-state index is -0.879. The summed E-state index contributed by atoms with van der Waals surface area (Å²) in [6, 6.07) is 21.2. The predicted molar refractivity (Wildman–Crippen MR) is 101 cm³/mol. The molecule has 0 bridgehead atoms. The van der Waals surface area contributed by atoms with E-state index in [4.69, 9.17) is 10.2 Å². The largest absolute Gasteiger partial charge is 0.478 e. The Morgan fingerprint density at radius 3 is 2.04 bits per heavy atom. The van der Waals surface area contributed by atoms with Gasteiger partial charge in [0, 0.05) is 0 Å². The normalized spacial score (nSPS) is 10.1. The van der Waals surface area contributed by atoms with Gasteiger partial charge in [-0.1, -0.05) is 18.2 Å². The Kier molecular flexibility index (Phi) is 7.51. The molecular formula is C19H18O3Se2. The minimum Gasteiger partial charge on any atom is -0.478 e. The van der Waals surface area contributed by atoms with Crippen molar-refractivity contribution in [1.82, 2.24) is 0 Å². The van der Waals surface area contributed by atoms with Crippen LogP contribution in [0, 0.1) is 0 Å². The number of benzene rings is 3. The molecule has 0 atom stereocenters. The van der Waals surface area contributed by atoms with Gasteiger partial charge in [-0.05, 0) is 12.1 Å². The monoisotopic (exact) mass is 454 g/mol. The van der Waals surface area contributed by atoms with E-state index in [1.807, 2.05) is 0 Å². The van der Waals surface area contributed by atoms with E-state index in [-0.39, 0.29) is 20.5 Å². The third-order valence-electron chi connectivity index (χ3n) is 3.29. The van der Waals surface area contributed by atoms with E-state index >= 15 is 0 Å². The van der Waals surface area contributed by atoms with Crippen LogP contribution in [0.2, 0.25) is 5.82 Å². The molecule has 0 radical (unpaired) electrons. The van der Waals surface area contributed by atoms with Gasteiger partial charge in [-0.3, -0.25) is 0 Å². The first-order valence-electron chi connectivity index (χ1n) is 7.25. The van der Waals surface area contributed by atoms with Crippen LogP contribution in [0.1, 0.15) is 10.4 Å². The second-order valence-electron chi connectivity index (χ2n) is 4.76. The van der Waals surface area contributed by atoms with Crippen molar-refractivity contribution in [2.75, 3.05) is 5.51 Å². The van der Waals surface area contributed by atoms with E-state index in [1.165, 1.54) is 19.7 Å². The van der Waals surface area contributed by atoms with Crippen LogP contribution in [0.4, 0.5) is 0 Å². The van der Waals surface area contributed by atoms with Gasteiger partial charge in [0.25, 0.3) is 0 Å². The molecular weight excluding hydrogens is 434 g/mol. The Bertz CT molecular complexity index is 799. The molecule has 0 aliphatic carbocycles. The number of hydrogen-bond donors (Lipinski definition) is 2. The molecule has 3 aromatic rings. The van der Waals surface area contributed by atoms with Gasteiger partial charge in [0.05, 0.1) is 5.56 Å². The van der Waals surface area contributed by atoms with Crippen LogP contribution < -0.4 is 8.92 Å². The topological polar surface area (TPSA) is 57.5 Å². The molecule has 0 fully saturated rings. The maximum Gasteiger partial charge on any atom is 0.335 e. The molecule has 0 aromatic heterocycles. The molecule has 3 nitrogen and oxygen atoms in total. The molecule has 3 aromatic carbocycles. The van der Waals surface area contributed by atoms with Crippen molar-refractivity contribution < 1.29 is 15.0 Å². The molecule has 0 heterocycles. The number of carbonyl (C=O) groups is 1. The fourth-order valence-corrected chi connectivity index (χ4v) is 5.34. The smallest absolute Gasteiger partial charge is 0.335 e. The number of fused-ring (bicyclic) bond motifs is 1. The van der Waals surface area contributed by atoms with E-state index in [0.717, 1.165) is 0 Å². The van der Waals surface area contributed by atoms with Crippen LogP contribution in [0.25, 0.3) is 10.8 Å². The standard InChI is InChI=1S/C12H12OSe2.C7H6O2/c1-14-10-6-2-4-9-5-3-7-11(12(9)10)15-8-13;8-7(9)6-4-2-1-3-5-6/h2-7,13H,8H2,1H3;1-5H,(H,8,9). The molecule has 0 unspecified atom stereocenters. The number of aliphatic hydroxyl groups excluding tert-OH is 1. The predicted octanol–water partition coefficient (Wildman–Crippen LogP) is 1.88. The van der Waals surface area contributed by atoms with Gasteiger partial charge in [0.1, 0.15) is 0 Å². The number of aromatic carboxylic acids is 1. The summed E-state index contributed by atoms with van der Waals surface area (Å²) in [6.45, 7) is 0. The van der Waals surface area contributed by atoms with Gasteiger partial charge < -0.3 is 5.11 Å². The third kappa shape index (κ3) is 4.94. The molecule has 0 saturated carbocycles. The first-order chi connectivity index (χ1) is 11.7.